The standard InChI is InChI=1S/C10H12N4O3S/c1-5(15)7-4-18-10(13-7)14-9(17)6-2-12-8(16)3-11-6/h4,6,11H,2-3H2,1H3,(H,12,16)(H,13,14,17). The quantitative estimate of drug-likeness (QED) is 0.634. The minimum atomic E-state index is -0.479. The van der Waals surface area contributed by atoms with Crippen molar-refractivity contribution in [2.75, 3.05) is 18.4 Å². The van der Waals surface area contributed by atoms with Crippen LogP contribution < -0.4 is 16.0 Å². The number of thiazole rings is 1. The first-order valence-electron chi connectivity index (χ1n) is 5.33. The number of nitrogens with one attached hydrogen (secondary N) is 3. The Bertz CT molecular complexity index is 489. The zero-order chi connectivity index (χ0) is 13.1. The third-order valence-corrected chi connectivity index (χ3v) is 3.18. The van der Waals surface area contributed by atoms with E-state index < -0.39 is 6.04 Å². The first kappa shape index (κ1) is 12.7. The molecule has 0 radical (unpaired) electrons. The highest BCUT2D eigenvalue weighted by Gasteiger charge is 2.24. The molecule has 1 unspecified atom stereocenters. The highest BCUT2D eigenvalue weighted by Crippen LogP contribution is 2.15. The lowest BCUT2D eigenvalue weighted by Gasteiger charge is -2.22. The molecule has 1 aromatic heterocycles. The molecule has 1 aliphatic heterocycles. The number of rotatable bonds is 3. The number of ketones is 1. The molecule has 0 spiro atoms. The Kier molecular flexibility index (Phi) is 3.68. The van der Waals surface area contributed by atoms with Gasteiger partial charge in [0.2, 0.25) is 11.8 Å². The maximum absolute atomic E-state index is 11.8. The molecule has 1 fully saturated rings. The van der Waals surface area contributed by atoms with Crippen LogP contribution in [0.4, 0.5) is 5.13 Å². The molecule has 7 nitrogen and oxygen atoms in total. The summed E-state index contributed by atoms with van der Waals surface area (Å²) >= 11 is 1.19. The molecular formula is C10H12N4O3S. The lowest BCUT2D eigenvalue weighted by atomic mass is 10.2. The van der Waals surface area contributed by atoms with Crippen LogP contribution in [0.25, 0.3) is 0 Å². The number of Topliss-reactive ketones (excluding diaryl/α,β-unsaturated/α-hetero) is 1. The molecular weight excluding hydrogens is 256 g/mol. The van der Waals surface area contributed by atoms with Crippen molar-refractivity contribution >= 4 is 34.1 Å². The smallest absolute Gasteiger partial charge is 0.245 e. The maximum Gasteiger partial charge on any atom is 0.245 e. The Morgan fingerprint density at radius 2 is 2.33 bits per heavy atom. The average Bonchev–Trinajstić information content (AvgIpc) is 2.78. The molecule has 3 N–H and O–H groups in total. The zero-order valence-corrected chi connectivity index (χ0v) is 10.5. The van der Waals surface area contributed by atoms with Gasteiger partial charge in [0.05, 0.1) is 6.54 Å². The number of carbonyl (C=O) groups is 3. The Morgan fingerprint density at radius 3 is 2.89 bits per heavy atom. The molecule has 1 saturated heterocycles. The van der Waals surface area contributed by atoms with Gasteiger partial charge in [0.15, 0.2) is 10.9 Å². The van der Waals surface area contributed by atoms with Gasteiger partial charge >= 0.3 is 0 Å². The van der Waals surface area contributed by atoms with Crippen molar-refractivity contribution in [2.24, 2.45) is 0 Å². The van der Waals surface area contributed by atoms with E-state index in [1.165, 1.54) is 18.3 Å². The van der Waals surface area contributed by atoms with Crippen LogP contribution in [0.5, 0.6) is 0 Å². The fourth-order valence-corrected chi connectivity index (χ4v) is 2.19. The van der Waals surface area contributed by atoms with Gasteiger partial charge in [-0.3, -0.25) is 19.7 Å². The molecule has 1 aromatic rings. The summed E-state index contributed by atoms with van der Waals surface area (Å²) in [7, 11) is 0. The lowest BCUT2D eigenvalue weighted by Crippen LogP contribution is -2.56. The summed E-state index contributed by atoms with van der Waals surface area (Å²) in [6.07, 6.45) is 0. The fourth-order valence-electron chi connectivity index (χ4n) is 1.44. The van der Waals surface area contributed by atoms with Crippen LogP contribution in [-0.2, 0) is 9.59 Å². The van der Waals surface area contributed by atoms with E-state index in [9.17, 15) is 14.4 Å². The number of carbonyl (C=O) groups excluding carboxylic acids is 3. The first-order chi connectivity index (χ1) is 8.56. The van der Waals surface area contributed by atoms with Crippen LogP contribution >= 0.6 is 11.3 Å². The summed E-state index contributed by atoms with van der Waals surface area (Å²) in [6.45, 7) is 1.78. The van der Waals surface area contributed by atoms with Gasteiger partial charge in [-0.15, -0.1) is 11.3 Å². The first-order valence-corrected chi connectivity index (χ1v) is 6.21. The summed E-state index contributed by atoms with van der Waals surface area (Å²) in [5.74, 6) is -0.554. The third kappa shape index (κ3) is 2.90. The van der Waals surface area contributed by atoms with Gasteiger partial charge in [-0.05, 0) is 0 Å². The van der Waals surface area contributed by atoms with Gasteiger partial charge in [0.1, 0.15) is 11.7 Å². The van der Waals surface area contributed by atoms with Crippen molar-refractivity contribution in [2.45, 2.75) is 13.0 Å². The monoisotopic (exact) mass is 268 g/mol. The van der Waals surface area contributed by atoms with Crippen LogP contribution in [0.1, 0.15) is 17.4 Å². The Morgan fingerprint density at radius 1 is 1.56 bits per heavy atom. The molecule has 8 heteroatoms. The second kappa shape index (κ2) is 5.23. The SMILES string of the molecule is CC(=O)c1csc(NC(=O)C2CNC(=O)CN2)n1. The molecule has 18 heavy (non-hydrogen) atoms. The molecule has 0 bridgehead atoms. The molecule has 2 heterocycles. The summed E-state index contributed by atoms with van der Waals surface area (Å²) in [4.78, 5) is 37.8. The molecule has 96 valence electrons. The summed E-state index contributed by atoms with van der Waals surface area (Å²) < 4.78 is 0. The van der Waals surface area contributed by atoms with E-state index in [-0.39, 0.29) is 30.7 Å². The molecule has 0 aromatic carbocycles. The second-order valence-electron chi connectivity index (χ2n) is 3.82. The van der Waals surface area contributed by atoms with Gasteiger partial charge in [0, 0.05) is 18.8 Å². The number of piperazine rings is 1. The highest BCUT2D eigenvalue weighted by molar-refractivity contribution is 7.14. The topological polar surface area (TPSA) is 100 Å². The summed E-state index contributed by atoms with van der Waals surface area (Å²) in [5, 5.41) is 9.97. The molecule has 1 aliphatic rings. The average molecular weight is 268 g/mol. The summed E-state index contributed by atoms with van der Waals surface area (Å²) in [5.41, 5.74) is 0.334. The van der Waals surface area contributed by atoms with Gasteiger partial charge in [0.25, 0.3) is 0 Å². The number of anilines is 1. The van der Waals surface area contributed by atoms with E-state index in [1.807, 2.05) is 0 Å². The van der Waals surface area contributed by atoms with Crippen molar-refractivity contribution in [3.8, 4) is 0 Å². The van der Waals surface area contributed by atoms with Crippen molar-refractivity contribution in [1.29, 1.82) is 0 Å². The number of hydrogen-bond donors (Lipinski definition) is 3. The van der Waals surface area contributed by atoms with Gasteiger partial charge in [-0.2, -0.15) is 0 Å². The number of aromatic nitrogens is 1. The van der Waals surface area contributed by atoms with E-state index in [2.05, 4.69) is 20.9 Å². The molecule has 0 saturated carbocycles. The van der Waals surface area contributed by atoms with Gasteiger partial charge in [-0.1, -0.05) is 0 Å². The Hall–Kier alpha value is -1.80. The lowest BCUT2D eigenvalue weighted by molar-refractivity contribution is -0.124. The Balaban J connectivity index is 1.94. The van der Waals surface area contributed by atoms with Gasteiger partial charge < -0.3 is 10.6 Å². The highest BCUT2D eigenvalue weighted by atomic mass is 32.1. The molecule has 2 rings (SSSR count). The molecule has 2 amide bonds. The van der Waals surface area contributed by atoms with Crippen molar-refractivity contribution in [3.05, 3.63) is 11.1 Å². The van der Waals surface area contributed by atoms with E-state index >= 15 is 0 Å². The van der Waals surface area contributed by atoms with E-state index in [4.69, 9.17) is 0 Å². The largest absolute Gasteiger partial charge is 0.353 e. The van der Waals surface area contributed by atoms with E-state index in [0.717, 1.165) is 0 Å². The predicted molar refractivity (Wildman–Crippen MR) is 65.5 cm³/mol. The fraction of sp³-hybridized carbons (Fsp3) is 0.400. The predicted octanol–water partition coefficient (Wildman–Crippen LogP) is -0.628. The van der Waals surface area contributed by atoms with E-state index in [0.29, 0.717) is 10.8 Å². The van der Waals surface area contributed by atoms with Crippen LogP contribution in [0.3, 0.4) is 0 Å². The van der Waals surface area contributed by atoms with Crippen molar-refractivity contribution in [1.82, 2.24) is 15.6 Å². The van der Waals surface area contributed by atoms with Crippen LogP contribution in [0, 0.1) is 0 Å². The molecule has 0 aliphatic carbocycles. The summed E-state index contributed by atoms with van der Waals surface area (Å²) in [6, 6.07) is -0.479. The molecule has 1 atom stereocenters. The number of nitrogens with zero attached hydrogens (tertiary/aromatic N) is 1. The van der Waals surface area contributed by atoms with Crippen LogP contribution in [0.2, 0.25) is 0 Å². The second-order valence-corrected chi connectivity index (χ2v) is 4.68. The zero-order valence-electron chi connectivity index (χ0n) is 9.65. The van der Waals surface area contributed by atoms with Crippen LogP contribution in [0.15, 0.2) is 5.38 Å². The van der Waals surface area contributed by atoms with Crippen molar-refractivity contribution in [3.63, 3.8) is 0 Å². The third-order valence-electron chi connectivity index (χ3n) is 2.42. The maximum atomic E-state index is 11.8. The Labute approximate surface area is 107 Å². The normalized spacial score (nSPS) is 19.2. The van der Waals surface area contributed by atoms with Gasteiger partial charge in [-0.25, -0.2) is 4.98 Å². The van der Waals surface area contributed by atoms with Crippen molar-refractivity contribution < 1.29 is 14.4 Å². The minimum Gasteiger partial charge on any atom is -0.353 e. The number of hydrogen-bond acceptors (Lipinski definition) is 6. The number of amides is 2. The minimum absolute atomic E-state index is 0.120. The van der Waals surface area contributed by atoms with E-state index in [1.54, 1.807) is 5.38 Å². The van der Waals surface area contributed by atoms with Crippen LogP contribution in [-0.4, -0.2) is 41.7 Å².